The third kappa shape index (κ3) is 19.1. The van der Waals surface area contributed by atoms with Crippen LogP contribution in [0.3, 0.4) is 0 Å². The van der Waals surface area contributed by atoms with E-state index in [1.807, 2.05) is 0 Å². The fraction of sp³-hybridized carbons (Fsp3) is 0.951. The Balaban J connectivity index is 1.36. The molecular weight excluding hydrogens is 617 g/mol. The van der Waals surface area contributed by atoms with Gasteiger partial charge in [-0.2, -0.15) is 0 Å². The number of rotatable bonds is 29. The monoisotopic (exact) mass is 695 g/mol. The minimum Gasteiger partial charge on any atom is -0.356 e. The molecule has 3 atom stereocenters. The SMILES string of the molecule is CCC(C)(C)NCCCCCCNC(=O)CCCCCCCCC1CCC2(CCC(CCCCCCCCC(=O)C(C)(C)CC)S2)S1. The van der Waals surface area contributed by atoms with Gasteiger partial charge < -0.3 is 10.6 Å². The zero-order valence-corrected chi connectivity index (χ0v) is 33.7. The first-order valence-corrected chi connectivity index (χ1v) is 22.2. The molecule has 2 fully saturated rings. The van der Waals surface area contributed by atoms with Crippen LogP contribution in [0, 0.1) is 5.41 Å². The predicted octanol–water partition coefficient (Wildman–Crippen LogP) is 12.2. The number of Topliss-reactive ketones (excluding diaryl/α,β-unsaturated/α-hetero) is 1. The van der Waals surface area contributed by atoms with E-state index in [0.717, 1.165) is 62.1 Å². The van der Waals surface area contributed by atoms with Crippen molar-refractivity contribution in [1.29, 1.82) is 0 Å². The van der Waals surface area contributed by atoms with Gasteiger partial charge >= 0.3 is 0 Å². The summed E-state index contributed by atoms with van der Waals surface area (Å²) < 4.78 is 0.553. The summed E-state index contributed by atoms with van der Waals surface area (Å²) in [7, 11) is 0. The topological polar surface area (TPSA) is 58.2 Å². The van der Waals surface area contributed by atoms with Crippen molar-refractivity contribution < 1.29 is 9.59 Å². The molecule has 4 nitrogen and oxygen atoms in total. The van der Waals surface area contributed by atoms with Gasteiger partial charge in [-0.05, 0) is 97.4 Å². The summed E-state index contributed by atoms with van der Waals surface area (Å²) in [5.41, 5.74) is 0.129. The molecule has 0 aromatic carbocycles. The molecule has 0 radical (unpaired) electrons. The van der Waals surface area contributed by atoms with Gasteiger partial charge in [0.1, 0.15) is 5.78 Å². The summed E-state index contributed by atoms with van der Waals surface area (Å²) >= 11 is 4.72. The molecule has 0 aromatic rings. The van der Waals surface area contributed by atoms with Crippen LogP contribution in [0.25, 0.3) is 0 Å². The van der Waals surface area contributed by atoms with E-state index in [1.54, 1.807) is 0 Å². The van der Waals surface area contributed by atoms with Crippen molar-refractivity contribution >= 4 is 35.2 Å². The second-order valence-electron chi connectivity index (χ2n) is 16.4. The van der Waals surface area contributed by atoms with Gasteiger partial charge in [0.2, 0.25) is 5.91 Å². The molecule has 6 heteroatoms. The molecule has 0 aromatic heterocycles. The van der Waals surface area contributed by atoms with Crippen LogP contribution in [0.4, 0.5) is 0 Å². The number of nitrogens with one attached hydrogen (secondary N) is 2. The average molecular weight is 695 g/mol. The number of ketones is 1. The molecule has 276 valence electrons. The van der Waals surface area contributed by atoms with Crippen LogP contribution < -0.4 is 10.6 Å². The lowest BCUT2D eigenvalue weighted by molar-refractivity contribution is -0.127. The minimum atomic E-state index is -0.125. The zero-order chi connectivity index (χ0) is 34.4. The van der Waals surface area contributed by atoms with E-state index in [0.29, 0.717) is 16.3 Å². The Hall–Kier alpha value is -0.200. The van der Waals surface area contributed by atoms with E-state index in [9.17, 15) is 9.59 Å². The third-order valence-electron chi connectivity index (χ3n) is 11.4. The molecule has 2 N–H and O–H groups in total. The Morgan fingerprint density at radius 1 is 0.617 bits per heavy atom. The molecule has 1 spiro atoms. The average Bonchev–Trinajstić information content (AvgIpc) is 3.65. The molecule has 3 unspecified atom stereocenters. The highest BCUT2D eigenvalue weighted by molar-refractivity contribution is 8.19. The normalized spacial score (nSPS) is 21.6. The Morgan fingerprint density at radius 3 is 1.62 bits per heavy atom. The molecule has 2 aliphatic rings. The summed E-state index contributed by atoms with van der Waals surface area (Å²) in [5.74, 6) is 0.707. The van der Waals surface area contributed by atoms with Gasteiger partial charge in [-0.1, -0.05) is 105 Å². The molecule has 2 aliphatic heterocycles. The summed E-state index contributed by atoms with van der Waals surface area (Å²) in [5, 5.41) is 8.55. The van der Waals surface area contributed by atoms with E-state index < -0.39 is 0 Å². The third-order valence-corrected chi connectivity index (χ3v) is 15.2. The van der Waals surface area contributed by atoms with E-state index in [4.69, 9.17) is 0 Å². The summed E-state index contributed by atoms with van der Waals surface area (Å²) in [4.78, 5) is 24.4. The van der Waals surface area contributed by atoms with Gasteiger partial charge in [-0.15, -0.1) is 23.5 Å². The maximum atomic E-state index is 12.3. The highest BCUT2D eigenvalue weighted by Crippen LogP contribution is 2.60. The fourth-order valence-electron chi connectivity index (χ4n) is 7.02. The number of amides is 1. The maximum Gasteiger partial charge on any atom is 0.219 e. The summed E-state index contributed by atoms with van der Waals surface area (Å²) in [6.45, 7) is 15.0. The van der Waals surface area contributed by atoms with Gasteiger partial charge in [0.25, 0.3) is 0 Å². The number of hydrogen-bond acceptors (Lipinski definition) is 5. The van der Waals surface area contributed by atoms with Crippen molar-refractivity contribution in [1.82, 2.24) is 10.6 Å². The van der Waals surface area contributed by atoms with E-state index >= 15 is 0 Å². The Morgan fingerprint density at radius 2 is 1.09 bits per heavy atom. The van der Waals surface area contributed by atoms with Gasteiger partial charge in [-0.25, -0.2) is 0 Å². The summed E-state index contributed by atoms with van der Waals surface area (Å²) in [6, 6.07) is 0. The lowest BCUT2D eigenvalue weighted by Gasteiger charge is -2.24. The van der Waals surface area contributed by atoms with E-state index in [-0.39, 0.29) is 16.9 Å². The molecular formula is C41H78N2O2S2. The fourth-order valence-corrected chi connectivity index (χ4v) is 11.3. The number of thioether (sulfide) groups is 2. The first kappa shape index (κ1) is 43.0. The van der Waals surface area contributed by atoms with Crippen molar-refractivity contribution in [3.63, 3.8) is 0 Å². The van der Waals surface area contributed by atoms with Crippen molar-refractivity contribution in [2.75, 3.05) is 13.1 Å². The predicted molar refractivity (Wildman–Crippen MR) is 211 cm³/mol. The molecule has 0 saturated carbocycles. The molecule has 2 rings (SSSR count). The molecule has 0 aliphatic carbocycles. The smallest absolute Gasteiger partial charge is 0.219 e. The molecule has 2 saturated heterocycles. The second kappa shape index (κ2) is 24.1. The number of carbonyl (C=O) groups is 2. The highest BCUT2D eigenvalue weighted by Gasteiger charge is 2.45. The van der Waals surface area contributed by atoms with Crippen LogP contribution in [0.5, 0.6) is 0 Å². The lowest BCUT2D eigenvalue weighted by atomic mass is 9.83. The van der Waals surface area contributed by atoms with Crippen molar-refractivity contribution in [2.24, 2.45) is 5.41 Å². The van der Waals surface area contributed by atoms with Crippen LogP contribution in [0.15, 0.2) is 0 Å². The van der Waals surface area contributed by atoms with Gasteiger partial charge in [-0.3, -0.25) is 9.59 Å². The zero-order valence-electron chi connectivity index (χ0n) is 32.1. The highest BCUT2D eigenvalue weighted by atomic mass is 32.2. The van der Waals surface area contributed by atoms with Crippen LogP contribution in [-0.4, -0.2) is 44.9 Å². The van der Waals surface area contributed by atoms with E-state index in [1.165, 1.54) is 122 Å². The van der Waals surface area contributed by atoms with Crippen LogP contribution in [0.1, 0.15) is 208 Å². The summed E-state index contributed by atoms with van der Waals surface area (Å²) in [6.07, 6.45) is 32.3. The quantitative estimate of drug-likeness (QED) is 0.0763. The number of hydrogen-bond donors (Lipinski definition) is 2. The Labute approximate surface area is 301 Å². The molecule has 47 heavy (non-hydrogen) atoms. The molecule has 0 bridgehead atoms. The van der Waals surface area contributed by atoms with Gasteiger partial charge in [0.15, 0.2) is 0 Å². The van der Waals surface area contributed by atoms with E-state index in [2.05, 4.69) is 75.7 Å². The Kier molecular flexibility index (Phi) is 22.0. The van der Waals surface area contributed by atoms with Crippen molar-refractivity contribution in [3.05, 3.63) is 0 Å². The van der Waals surface area contributed by atoms with Gasteiger partial charge in [0.05, 0.1) is 4.08 Å². The van der Waals surface area contributed by atoms with Crippen LogP contribution >= 0.6 is 23.5 Å². The minimum absolute atomic E-state index is 0.125. The van der Waals surface area contributed by atoms with Crippen LogP contribution in [-0.2, 0) is 9.59 Å². The van der Waals surface area contributed by atoms with Crippen molar-refractivity contribution in [2.45, 2.75) is 229 Å². The first-order chi connectivity index (χ1) is 22.5. The van der Waals surface area contributed by atoms with Crippen molar-refractivity contribution in [3.8, 4) is 0 Å². The molecule has 2 heterocycles. The second-order valence-corrected chi connectivity index (χ2v) is 20.0. The first-order valence-electron chi connectivity index (χ1n) is 20.4. The standard InChI is InChI=1S/C41H78N2O2S2/c1-7-39(3,4)37(44)27-21-15-11-9-13-19-25-35-29-31-41(46-35)32-30-36(47-41)26-20-14-10-12-16-22-28-38(45)42-33-23-17-18-24-34-43-40(5,6)8-2/h35-36,43H,7-34H2,1-6H3,(H,42,45). The maximum absolute atomic E-state index is 12.3. The largest absolute Gasteiger partial charge is 0.356 e. The lowest BCUT2D eigenvalue weighted by Crippen LogP contribution is -2.38. The van der Waals surface area contributed by atoms with Gasteiger partial charge in [0, 0.05) is 40.8 Å². The number of carbonyl (C=O) groups excluding carboxylic acids is 2. The molecule has 1 amide bonds. The number of unbranched alkanes of at least 4 members (excludes halogenated alkanes) is 13. The van der Waals surface area contributed by atoms with Crippen LogP contribution in [0.2, 0.25) is 0 Å². The Bertz CT molecular complexity index is 847.